The summed E-state index contributed by atoms with van der Waals surface area (Å²) in [7, 11) is -2.48. The molecule has 0 saturated heterocycles. The number of rotatable bonds is 5. The number of carbonyl (C=O) groups excluding carboxylic acids is 1. The van der Waals surface area contributed by atoms with Crippen LogP contribution in [0.15, 0.2) is 29.2 Å². The molecule has 100 valence electrons. The molecule has 1 aromatic rings. The Labute approximate surface area is 107 Å². The van der Waals surface area contributed by atoms with Crippen molar-refractivity contribution in [3.05, 3.63) is 29.8 Å². The topological polar surface area (TPSA) is 72.5 Å². The van der Waals surface area contributed by atoms with Gasteiger partial charge in [0.15, 0.2) is 0 Å². The lowest BCUT2D eigenvalue weighted by Gasteiger charge is -2.11. The summed E-state index contributed by atoms with van der Waals surface area (Å²) in [5, 5.41) is 0. The van der Waals surface area contributed by atoms with Crippen LogP contribution < -0.4 is 4.72 Å². The number of ether oxygens (including phenoxy) is 1. The molecule has 0 atom stereocenters. The van der Waals surface area contributed by atoms with Gasteiger partial charge in [-0.1, -0.05) is 26.0 Å². The third-order valence-corrected chi connectivity index (χ3v) is 3.75. The Kier molecular flexibility index (Phi) is 4.86. The van der Waals surface area contributed by atoms with Crippen molar-refractivity contribution in [3.63, 3.8) is 0 Å². The van der Waals surface area contributed by atoms with Crippen molar-refractivity contribution in [3.8, 4) is 0 Å². The maximum Gasteiger partial charge on any atom is 0.339 e. The van der Waals surface area contributed by atoms with E-state index in [-0.39, 0.29) is 16.4 Å². The molecule has 0 aromatic heterocycles. The second kappa shape index (κ2) is 5.97. The van der Waals surface area contributed by atoms with Gasteiger partial charge < -0.3 is 4.74 Å². The average molecular weight is 271 g/mol. The number of nitrogens with one attached hydrogen (secondary N) is 1. The predicted octanol–water partition coefficient (Wildman–Crippen LogP) is 1.41. The summed E-state index contributed by atoms with van der Waals surface area (Å²) < 4.78 is 31.1. The Morgan fingerprint density at radius 3 is 2.50 bits per heavy atom. The molecule has 0 saturated carbocycles. The molecule has 0 radical (unpaired) electrons. The van der Waals surface area contributed by atoms with Gasteiger partial charge in [0.1, 0.15) is 0 Å². The molecule has 0 heterocycles. The van der Waals surface area contributed by atoms with E-state index in [0.717, 1.165) is 0 Å². The quantitative estimate of drug-likeness (QED) is 0.822. The van der Waals surface area contributed by atoms with E-state index in [1.54, 1.807) is 12.1 Å². The molecule has 6 heteroatoms. The second-order valence-electron chi connectivity index (χ2n) is 4.23. The molecule has 5 nitrogen and oxygen atoms in total. The lowest BCUT2D eigenvalue weighted by Crippen LogP contribution is -2.29. The summed E-state index contributed by atoms with van der Waals surface area (Å²) in [6.07, 6.45) is 0. The molecular formula is C12H17NO4S. The first-order chi connectivity index (χ1) is 8.38. The Hall–Kier alpha value is -1.40. The number of hydrogen-bond donors (Lipinski definition) is 1. The molecule has 1 aromatic carbocycles. The molecule has 0 bridgehead atoms. The molecule has 0 aliphatic heterocycles. The highest BCUT2D eigenvalue weighted by atomic mass is 32.2. The molecular weight excluding hydrogens is 254 g/mol. The van der Waals surface area contributed by atoms with Crippen LogP contribution in [0.2, 0.25) is 0 Å². The maximum absolute atomic E-state index is 12.1. The summed E-state index contributed by atoms with van der Waals surface area (Å²) in [6, 6.07) is 5.97. The molecule has 1 rings (SSSR count). The normalized spacial score (nSPS) is 11.6. The van der Waals surface area contributed by atoms with Crippen molar-refractivity contribution in [1.82, 2.24) is 4.72 Å². The molecule has 0 aliphatic rings. The maximum atomic E-state index is 12.1. The molecule has 0 amide bonds. The van der Waals surface area contributed by atoms with Gasteiger partial charge >= 0.3 is 5.97 Å². The van der Waals surface area contributed by atoms with Crippen molar-refractivity contribution in [2.24, 2.45) is 5.92 Å². The summed E-state index contributed by atoms with van der Waals surface area (Å²) in [5.74, 6) is -0.481. The molecule has 0 unspecified atom stereocenters. The standard InChI is InChI=1S/C12H17NO4S/c1-9(2)8-13-18(15,16)11-7-5-4-6-10(11)12(14)17-3/h4-7,9,13H,8H2,1-3H3. The number of methoxy groups -OCH3 is 1. The van der Waals surface area contributed by atoms with Gasteiger partial charge in [-0.3, -0.25) is 0 Å². The lowest BCUT2D eigenvalue weighted by atomic mass is 10.2. The fourth-order valence-corrected chi connectivity index (χ4v) is 2.74. The lowest BCUT2D eigenvalue weighted by molar-refractivity contribution is 0.0596. The second-order valence-corrected chi connectivity index (χ2v) is 5.97. The first-order valence-electron chi connectivity index (χ1n) is 5.55. The number of carbonyl (C=O) groups is 1. The number of esters is 1. The van der Waals surface area contributed by atoms with Crippen molar-refractivity contribution < 1.29 is 17.9 Å². The van der Waals surface area contributed by atoms with Gasteiger partial charge in [-0.2, -0.15) is 0 Å². The van der Waals surface area contributed by atoms with Crippen LogP contribution in [-0.2, 0) is 14.8 Å². The van der Waals surface area contributed by atoms with Gasteiger partial charge in [0.05, 0.1) is 17.6 Å². The summed E-state index contributed by atoms with van der Waals surface area (Å²) in [4.78, 5) is 11.4. The molecule has 0 spiro atoms. The Morgan fingerprint density at radius 1 is 1.33 bits per heavy atom. The van der Waals surface area contributed by atoms with E-state index in [9.17, 15) is 13.2 Å². The van der Waals surface area contributed by atoms with E-state index in [1.807, 2.05) is 13.8 Å². The van der Waals surface area contributed by atoms with E-state index in [4.69, 9.17) is 0 Å². The third-order valence-electron chi connectivity index (χ3n) is 2.26. The fourth-order valence-electron chi connectivity index (χ4n) is 1.33. The number of sulfonamides is 1. The van der Waals surface area contributed by atoms with Crippen LogP contribution in [0.4, 0.5) is 0 Å². The van der Waals surface area contributed by atoms with Crippen molar-refractivity contribution in [1.29, 1.82) is 0 Å². The van der Waals surface area contributed by atoms with E-state index in [0.29, 0.717) is 6.54 Å². The predicted molar refractivity (Wildman–Crippen MR) is 67.8 cm³/mol. The van der Waals surface area contributed by atoms with Crippen LogP contribution in [0.25, 0.3) is 0 Å². The smallest absolute Gasteiger partial charge is 0.339 e. The van der Waals surface area contributed by atoms with Crippen LogP contribution in [0.3, 0.4) is 0 Å². The Morgan fingerprint density at radius 2 is 1.94 bits per heavy atom. The molecule has 0 aliphatic carbocycles. The van der Waals surface area contributed by atoms with Gasteiger partial charge in [-0.25, -0.2) is 17.9 Å². The summed E-state index contributed by atoms with van der Waals surface area (Å²) in [5.41, 5.74) is 0.0382. The number of benzene rings is 1. The minimum absolute atomic E-state index is 0.0382. The first kappa shape index (κ1) is 14.7. The average Bonchev–Trinajstić information content (AvgIpc) is 2.35. The van der Waals surface area contributed by atoms with Crippen LogP contribution >= 0.6 is 0 Å². The van der Waals surface area contributed by atoms with Crippen LogP contribution in [-0.4, -0.2) is 28.0 Å². The highest BCUT2D eigenvalue weighted by Crippen LogP contribution is 2.16. The first-order valence-corrected chi connectivity index (χ1v) is 7.04. The highest BCUT2D eigenvalue weighted by Gasteiger charge is 2.22. The van der Waals surface area contributed by atoms with Gasteiger partial charge in [-0.05, 0) is 18.1 Å². The van der Waals surface area contributed by atoms with E-state index >= 15 is 0 Å². The monoisotopic (exact) mass is 271 g/mol. The highest BCUT2D eigenvalue weighted by molar-refractivity contribution is 7.89. The van der Waals surface area contributed by atoms with Gasteiger partial charge in [0.2, 0.25) is 10.0 Å². The fraction of sp³-hybridized carbons (Fsp3) is 0.417. The van der Waals surface area contributed by atoms with Crippen molar-refractivity contribution >= 4 is 16.0 Å². The van der Waals surface area contributed by atoms with E-state index in [2.05, 4.69) is 9.46 Å². The minimum atomic E-state index is -3.69. The van der Waals surface area contributed by atoms with Gasteiger partial charge in [-0.15, -0.1) is 0 Å². The van der Waals surface area contributed by atoms with Gasteiger partial charge in [0.25, 0.3) is 0 Å². The van der Waals surface area contributed by atoms with E-state index < -0.39 is 16.0 Å². The molecule has 18 heavy (non-hydrogen) atoms. The van der Waals surface area contributed by atoms with Crippen LogP contribution in [0.1, 0.15) is 24.2 Å². The molecule has 0 fully saturated rings. The van der Waals surface area contributed by atoms with Crippen LogP contribution in [0.5, 0.6) is 0 Å². The van der Waals surface area contributed by atoms with Crippen molar-refractivity contribution in [2.45, 2.75) is 18.7 Å². The molecule has 1 N–H and O–H groups in total. The zero-order valence-corrected chi connectivity index (χ0v) is 11.5. The zero-order chi connectivity index (χ0) is 13.8. The summed E-state index contributed by atoms with van der Waals surface area (Å²) in [6.45, 7) is 4.11. The Bertz CT molecular complexity index is 523. The van der Waals surface area contributed by atoms with Crippen LogP contribution in [0, 0.1) is 5.92 Å². The largest absolute Gasteiger partial charge is 0.465 e. The zero-order valence-electron chi connectivity index (χ0n) is 10.6. The minimum Gasteiger partial charge on any atom is -0.465 e. The SMILES string of the molecule is COC(=O)c1ccccc1S(=O)(=O)NCC(C)C. The Balaban J connectivity index is 3.12. The van der Waals surface area contributed by atoms with Gasteiger partial charge in [0, 0.05) is 6.54 Å². The van der Waals surface area contributed by atoms with E-state index in [1.165, 1.54) is 19.2 Å². The summed E-state index contributed by atoms with van der Waals surface area (Å²) >= 11 is 0. The van der Waals surface area contributed by atoms with Crippen molar-refractivity contribution in [2.75, 3.05) is 13.7 Å². The number of hydrogen-bond acceptors (Lipinski definition) is 4. The third kappa shape index (κ3) is 3.54.